The van der Waals surface area contributed by atoms with Gasteiger partial charge in [0, 0.05) is 11.8 Å². The first-order chi connectivity index (χ1) is 10.9. The van der Waals surface area contributed by atoms with E-state index in [0.29, 0.717) is 11.4 Å². The molecule has 0 aliphatic heterocycles. The van der Waals surface area contributed by atoms with Crippen LogP contribution in [0.2, 0.25) is 0 Å². The van der Waals surface area contributed by atoms with Crippen molar-refractivity contribution in [3.63, 3.8) is 0 Å². The third-order valence-corrected chi connectivity index (χ3v) is 2.90. The normalized spacial score (nSPS) is 10.9. The molecule has 0 amide bonds. The Balaban J connectivity index is 2.30. The van der Waals surface area contributed by atoms with Crippen LogP contribution in [0.5, 0.6) is 0 Å². The van der Waals surface area contributed by atoms with Crippen LogP contribution in [0.3, 0.4) is 0 Å². The minimum atomic E-state index is -0.718. The van der Waals surface area contributed by atoms with E-state index >= 15 is 0 Å². The van der Waals surface area contributed by atoms with E-state index in [0.717, 1.165) is 4.68 Å². The first-order valence-electron chi connectivity index (χ1n) is 6.49. The molecule has 2 rings (SSSR count). The Morgan fingerprint density at radius 1 is 1.43 bits per heavy atom. The molecule has 2 aromatic rings. The van der Waals surface area contributed by atoms with Crippen molar-refractivity contribution in [1.29, 1.82) is 5.26 Å². The van der Waals surface area contributed by atoms with Gasteiger partial charge in [0.15, 0.2) is 0 Å². The molecule has 0 bridgehead atoms. The van der Waals surface area contributed by atoms with Crippen LogP contribution in [0.4, 0.5) is 11.4 Å². The Kier molecular flexibility index (Phi) is 4.47. The van der Waals surface area contributed by atoms with Crippen LogP contribution < -0.4 is 5.43 Å². The number of anilines is 1. The second-order valence-corrected chi connectivity index (χ2v) is 4.60. The van der Waals surface area contributed by atoms with Gasteiger partial charge in [0.05, 0.1) is 10.6 Å². The molecule has 0 spiro atoms. The van der Waals surface area contributed by atoms with Gasteiger partial charge in [0.25, 0.3) is 5.69 Å². The molecule has 9 heteroatoms. The smallest absolute Gasteiger partial charge is 0.270 e. The van der Waals surface area contributed by atoms with E-state index in [-0.39, 0.29) is 11.4 Å². The molecule has 1 N–H and O–H groups in total. The van der Waals surface area contributed by atoms with Gasteiger partial charge in [-0.05, 0) is 26.0 Å². The van der Waals surface area contributed by atoms with E-state index in [1.54, 1.807) is 32.0 Å². The maximum atomic E-state index is 12.2. The van der Waals surface area contributed by atoms with E-state index < -0.39 is 16.5 Å². The maximum absolute atomic E-state index is 12.2. The molecule has 1 heterocycles. The topological polar surface area (TPSA) is 126 Å². The number of nitrogens with one attached hydrogen (secondary N) is 1. The summed E-state index contributed by atoms with van der Waals surface area (Å²) in [6, 6.07) is 9.12. The van der Waals surface area contributed by atoms with E-state index in [1.165, 1.54) is 18.2 Å². The molecule has 0 fully saturated rings. The van der Waals surface area contributed by atoms with Crippen molar-refractivity contribution < 1.29 is 9.72 Å². The molecule has 1 aromatic carbocycles. The van der Waals surface area contributed by atoms with Crippen molar-refractivity contribution in [2.24, 2.45) is 5.10 Å². The average molecular weight is 312 g/mol. The summed E-state index contributed by atoms with van der Waals surface area (Å²) in [5, 5.41) is 27.7. The highest BCUT2D eigenvalue weighted by atomic mass is 16.6. The number of hydrogen-bond donors (Lipinski definition) is 1. The van der Waals surface area contributed by atoms with Gasteiger partial charge in [-0.3, -0.25) is 20.3 Å². The van der Waals surface area contributed by atoms with Gasteiger partial charge < -0.3 is 0 Å². The Morgan fingerprint density at radius 2 is 2.13 bits per heavy atom. The van der Waals surface area contributed by atoms with Gasteiger partial charge in [-0.25, -0.2) is 0 Å². The van der Waals surface area contributed by atoms with Crippen molar-refractivity contribution in [1.82, 2.24) is 9.78 Å². The van der Waals surface area contributed by atoms with E-state index in [2.05, 4.69) is 15.6 Å². The van der Waals surface area contributed by atoms with Crippen molar-refractivity contribution in [3.8, 4) is 6.07 Å². The second kappa shape index (κ2) is 6.48. The third kappa shape index (κ3) is 3.38. The summed E-state index contributed by atoms with van der Waals surface area (Å²) in [5.41, 5.74) is 2.96. The van der Waals surface area contributed by atoms with E-state index in [9.17, 15) is 14.9 Å². The number of hydrazone groups is 1. The second-order valence-electron chi connectivity index (χ2n) is 4.60. The summed E-state index contributed by atoms with van der Waals surface area (Å²) in [6.07, 6.45) is 0. The molecule has 0 aliphatic rings. The van der Waals surface area contributed by atoms with Gasteiger partial charge in [0.1, 0.15) is 11.8 Å². The molecule has 0 saturated heterocycles. The molecule has 23 heavy (non-hydrogen) atoms. The number of carbonyl (C=O) groups excluding carboxylic acids is 1. The minimum Gasteiger partial charge on any atom is -0.270 e. The van der Waals surface area contributed by atoms with Gasteiger partial charge in [-0.2, -0.15) is 20.1 Å². The Bertz CT molecular complexity index is 846. The highest BCUT2D eigenvalue weighted by molar-refractivity contribution is 6.45. The number of nitrogens with zero attached hydrogens (tertiary/aromatic N) is 5. The number of nitro groups is 1. The molecular formula is C14H12N6O3. The molecule has 0 atom stereocenters. The number of carbonyl (C=O) groups is 1. The highest BCUT2D eigenvalue weighted by Gasteiger charge is 2.18. The molecule has 0 radical (unpaired) electrons. The lowest BCUT2D eigenvalue weighted by atomic mass is 10.3. The van der Waals surface area contributed by atoms with Crippen LogP contribution >= 0.6 is 0 Å². The molecule has 0 aliphatic carbocycles. The van der Waals surface area contributed by atoms with Crippen molar-refractivity contribution >= 4 is 23.0 Å². The number of benzene rings is 1. The quantitative estimate of drug-likeness (QED) is 0.523. The molecule has 9 nitrogen and oxygen atoms in total. The summed E-state index contributed by atoms with van der Waals surface area (Å²) in [4.78, 5) is 22.5. The summed E-state index contributed by atoms with van der Waals surface area (Å²) in [5.74, 6) is -0.718. The number of rotatable bonds is 4. The number of nitriles is 1. The first kappa shape index (κ1) is 15.8. The van der Waals surface area contributed by atoms with Crippen molar-refractivity contribution in [3.05, 3.63) is 51.8 Å². The van der Waals surface area contributed by atoms with Crippen LogP contribution in [0.25, 0.3) is 0 Å². The lowest BCUT2D eigenvalue weighted by Gasteiger charge is -2.03. The zero-order valence-corrected chi connectivity index (χ0v) is 12.3. The molecule has 1 aromatic heterocycles. The molecule has 0 saturated carbocycles. The minimum absolute atomic E-state index is 0.0754. The molecule has 116 valence electrons. The number of nitro benzene ring substituents is 1. The van der Waals surface area contributed by atoms with Gasteiger partial charge >= 0.3 is 5.91 Å². The van der Waals surface area contributed by atoms with Crippen LogP contribution in [-0.2, 0) is 0 Å². The summed E-state index contributed by atoms with van der Waals surface area (Å²) in [7, 11) is 0. The number of para-hydroxylation sites is 2. The SMILES string of the molecule is Cc1cc(C)n(C(=O)/C(C#N)=N\Nc2ccccc2[N+](=O)[O-])n1. The monoisotopic (exact) mass is 312 g/mol. The Labute approximate surface area is 131 Å². The van der Waals surface area contributed by atoms with Gasteiger partial charge in [-0.15, -0.1) is 0 Å². The summed E-state index contributed by atoms with van der Waals surface area (Å²) >= 11 is 0. The van der Waals surface area contributed by atoms with E-state index in [1.807, 2.05) is 0 Å². The largest absolute Gasteiger partial charge is 0.309 e. The number of aromatic nitrogens is 2. The molecule has 0 unspecified atom stereocenters. The Morgan fingerprint density at radius 3 is 2.70 bits per heavy atom. The lowest BCUT2D eigenvalue weighted by molar-refractivity contribution is -0.384. The average Bonchev–Trinajstić information content (AvgIpc) is 2.86. The Hall–Kier alpha value is -3.54. The van der Waals surface area contributed by atoms with Gasteiger partial charge in [-0.1, -0.05) is 12.1 Å². The standard InChI is InChI=1S/C14H12N6O3/c1-9-7-10(2)19(18-9)14(21)12(8-15)17-16-11-5-3-4-6-13(11)20(22)23/h3-7,16H,1-2H3/b17-12-. The van der Waals surface area contributed by atoms with Crippen molar-refractivity contribution in [2.75, 3.05) is 5.43 Å². The fourth-order valence-corrected chi connectivity index (χ4v) is 1.90. The lowest BCUT2D eigenvalue weighted by Crippen LogP contribution is -2.24. The van der Waals surface area contributed by atoms with Crippen LogP contribution in [0.1, 0.15) is 16.2 Å². The van der Waals surface area contributed by atoms with E-state index in [4.69, 9.17) is 5.26 Å². The number of hydrogen-bond acceptors (Lipinski definition) is 7. The molecular weight excluding hydrogens is 300 g/mol. The first-order valence-corrected chi connectivity index (χ1v) is 6.49. The number of aryl methyl sites for hydroxylation is 2. The van der Waals surface area contributed by atoms with Crippen LogP contribution in [0, 0.1) is 35.3 Å². The maximum Gasteiger partial charge on any atom is 0.309 e. The van der Waals surface area contributed by atoms with Gasteiger partial charge in [0.2, 0.25) is 5.71 Å². The fraction of sp³-hybridized carbons (Fsp3) is 0.143. The zero-order chi connectivity index (χ0) is 17.0. The predicted molar refractivity (Wildman–Crippen MR) is 82.1 cm³/mol. The highest BCUT2D eigenvalue weighted by Crippen LogP contribution is 2.23. The fourth-order valence-electron chi connectivity index (χ4n) is 1.90. The summed E-state index contributed by atoms with van der Waals surface area (Å²) < 4.78 is 1.05. The third-order valence-electron chi connectivity index (χ3n) is 2.90. The predicted octanol–water partition coefficient (Wildman–Crippen LogP) is 2.04. The van der Waals surface area contributed by atoms with Crippen LogP contribution in [0.15, 0.2) is 35.4 Å². The summed E-state index contributed by atoms with van der Waals surface area (Å²) in [6.45, 7) is 3.38. The zero-order valence-electron chi connectivity index (χ0n) is 12.3. The van der Waals surface area contributed by atoms with Crippen molar-refractivity contribution in [2.45, 2.75) is 13.8 Å². The van der Waals surface area contributed by atoms with Crippen LogP contribution in [-0.4, -0.2) is 26.3 Å².